The summed E-state index contributed by atoms with van der Waals surface area (Å²) in [7, 11) is 1.84. The Morgan fingerprint density at radius 1 is 0.900 bits per heavy atom. The first-order chi connectivity index (χ1) is 9.28. The Morgan fingerprint density at radius 3 is 2.00 bits per heavy atom. The number of unbranched alkanes of at least 4 members (excludes halogenated alkanes) is 3. The molecule has 0 radical (unpaired) electrons. The van der Waals surface area contributed by atoms with Gasteiger partial charge in [-0.2, -0.15) is 0 Å². The van der Waals surface area contributed by atoms with Gasteiger partial charge in [0.1, 0.15) is 0 Å². The molecule has 0 bridgehead atoms. The maximum atomic E-state index is 4.24. The summed E-state index contributed by atoms with van der Waals surface area (Å²) in [4.78, 5) is 6.69. The molecule has 0 aliphatic carbocycles. The second-order valence-electron chi connectivity index (χ2n) is 4.87. The van der Waals surface area contributed by atoms with Crippen molar-refractivity contribution in [1.82, 2.24) is 15.5 Å². The lowest BCUT2D eigenvalue weighted by molar-refractivity contribution is 0.300. The van der Waals surface area contributed by atoms with Crippen LogP contribution in [0.2, 0.25) is 0 Å². The molecule has 122 valence electrons. The van der Waals surface area contributed by atoms with Gasteiger partial charge in [-0.05, 0) is 32.5 Å². The van der Waals surface area contributed by atoms with Crippen LogP contribution in [0.25, 0.3) is 0 Å². The third-order valence-electron chi connectivity index (χ3n) is 3.38. The van der Waals surface area contributed by atoms with Gasteiger partial charge >= 0.3 is 0 Å². The van der Waals surface area contributed by atoms with Gasteiger partial charge in [0.05, 0.1) is 0 Å². The lowest BCUT2D eigenvalue weighted by atomic mass is 10.2. The maximum Gasteiger partial charge on any atom is 0.190 e. The number of hydrogen-bond donors (Lipinski definition) is 2. The van der Waals surface area contributed by atoms with Crippen molar-refractivity contribution in [2.75, 3.05) is 39.8 Å². The van der Waals surface area contributed by atoms with Crippen LogP contribution in [0.1, 0.15) is 52.9 Å². The topological polar surface area (TPSA) is 39.7 Å². The quantitative estimate of drug-likeness (QED) is 0.243. The first kappa shape index (κ1) is 22.2. The van der Waals surface area contributed by atoms with Crippen molar-refractivity contribution in [1.29, 1.82) is 0 Å². The molecule has 0 aliphatic heterocycles. The number of nitrogens with zero attached hydrogens (tertiary/aromatic N) is 2. The molecule has 2 N–H and O–H groups in total. The minimum absolute atomic E-state index is 0. The Labute approximate surface area is 143 Å². The molecule has 0 aromatic carbocycles. The van der Waals surface area contributed by atoms with E-state index in [4.69, 9.17) is 0 Å². The SMILES string of the molecule is CCCCCCNC(=NC)NCCCN(CC)CC.I. The molecule has 0 saturated heterocycles. The number of nitrogens with one attached hydrogen (secondary N) is 2. The van der Waals surface area contributed by atoms with E-state index in [9.17, 15) is 0 Å². The van der Waals surface area contributed by atoms with Gasteiger partial charge in [0.25, 0.3) is 0 Å². The van der Waals surface area contributed by atoms with Gasteiger partial charge < -0.3 is 15.5 Å². The van der Waals surface area contributed by atoms with Crippen molar-refractivity contribution in [2.24, 2.45) is 4.99 Å². The second kappa shape index (κ2) is 17.0. The fraction of sp³-hybridized carbons (Fsp3) is 0.933. The molecule has 0 fully saturated rings. The van der Waals surface area contributed by atoms with Crippen molar-refractivity contribution in [2.45, 2.75) is 52.9 Å². The third-order valence-corrected chi connectivity index (χ3v) is 3.38. The van der Waals surface area contributed by atoms with Crippen LogP contribution in [0.4, 0.5) is 0 Å². The summed E-state index contributed by atoms with van der Waals surface area (Å²) in [6.07, 6.45) is 6.32. The largest absolute Gasteiger partial charge is 0.356 e. The third kappa shape index (κ3) is 13.0. The number of hydrogen-bond acceptors (Lipinski definition) is 2. The summed E-state index contributed by atoms with van der Waals surface area (Å²) in [5.74, 6) is 0.941. The van der Waals surface area contributed by atoms with Gasteiger partial charge in [-0.1, -0.05) is 40.0 Å². The summed E-state index contributed by atoms with van der Waals surface area (Å²) < 4.78 is 0. The van der Waals surface area contributed by atoms with Crippen molar-refractivity contribution >= 4 is 29.9 Å². The highest BCUT2D eigenvalue weighted by Gasteiger charge is 1.99. The molecule has 0 aromatic rings. The average molecular weight is 398 g/mol. The molecule has 0 atom stereocenters. The van der Waals surface area contributed by atoms with Gasteiger partial charge in [0.15, 0.2) is 5.96 Å². The van der Waals surface area contributed by atoms with Gasteiger partial charge in [-0.25, -0.2) is 0 Å². The average Bonchev–Trinajstić information content (AvgIpc) is 2.45. The van der Waals surface area contributed by atoms with E-state index in [0.717, 1.165) is 45.1 Å². The predicted molar refractivity (Wildman–Crippen MR) is 101 cm³/mol. The smallest absolute Gasteiger partial charge is 0.190 e. The lowest BCUT2D eigenvalue weighted by Crippen LogP contribution is -2.39. The molecule has 0 heterocycles. The zero-order valence-electron chi connectivity index (χ0n) is 13.9. The summed E-state index contributed by atoms with van der Waals surface area (Å²) in [6.45, 7) is 12.1. The van der Waals surface area contributed by atoms with E-state index >= 15 is 0 Å². The van der Waals surface area contributed by atoms with Crippen LogP contribution in [0, 0.1) is 0 Å². The molecule has 0 rings (SSSR count). The van der Waals surface area contributed by atoms with Gasteiger partial charge in [-0.15, -0.1) is 24.0 Å². The van der Waals surface area contributed by atoms with E-state index in [1.54, 1.807) is 0 Å². The first-order valence-electron chi connectivity index (χ1n) is 7.95. The lowest BCUT2D eigenvalue weighted by Gasteiger charge is -2.18. The Hall–Kier alpha value is -0.0400. The van der Waals surface area contributed by atoms with Crippen LogP contribution in [0.3, 0.4) is 0 Å². The fourth-order valence-corrected chi connectivity index (χ4v) is 2.03. The molecule has 4 nitrogen and oxygen atoms in total. The number of aliphatic imine (C=N–C) groups is 1. The van der Waals surface area contributed by atoms with Crippen molar-refractivity contribution in [3.63, 3.8) is 0 Å². The van der Waals surface area contributed by atoms with Crippen LogP contribution >= 0.6 is 24.0 Å². The summed E-state index contributed by atoms with van der Waals surface area (Å²) in [6, 6.07) is 0. The van der Waals surface area contributed by atoms with Gasteiger partial charge in [-0.3, -0.25) is 4.99 Å². The monoisotopic (exact) mass is 398 g/mol. The molecule has 0 aromatic heterocycles. The minimum atomic E-state index is 0. The molecular formula is C15H35IN4. The van der Waals surface area contributed by atoms with Crippen LogP contribution in [-0.4, -0.2) is 50.6 Å². The molecule has 0 saturated carbocycles. The Balaban J connectivity index is 0. The molecular weight excluding hydrogens is 363 g/mol. The highest BCUT2D eigenvalue weighted by molar-refractivity contribution is 14.0. The Bertz CT molecular complexity index is 218. The summed E-state index contributed by atoms with van der Waals surface area (Å²) in [5.41, 5.74) is 0. The highest BCUT2D eigenvalue weighted by Crippen LogP contribution is 1.96. The predicted octanol–water partition coefficient (Wildman–Crippen LogP) is 3.08. The number of guanidine groups is 1. The standard InChI is InChI=1S/C15H34N4.HI/c1-5-8-9-10-12-17-15(16-4)18-13-11-14-19(6-2)7-3;/h5-14H2,1-4H3,(H2,16,17,18);1H. The van der Waals surface area contributed by atoms with E-state index < -0.39 is 0 Å². The number of rotatable bonds is 11. The molecule has 0 aliphatic rings. The van der Waals surface area contributed by atoms with Crippen molar-refractivity contribution < 1.29 is 0 Å². The van der Waals surface area contributed by atoms with Gasteiger partial charge in [0, 0.05) is 20.1 Å². The normalized spacial score (nSPS) is 11.3. The van der Waals surface area contributed by atoms with Gasteiger partial charge in [0.2, 0.25) is 0 Å². The molecule has 0 spiro atoms. The van der Waals surface area contributed by atoms with Crippen LogP contribution in [0.15, 0.2) is 4.99 Å². The van der Waals surface area contributed by atoms with Crippen molar-refractivity contribution in [3.05, 3.63) is 0 Å². The Kier molecular flexibility index (Phi) is 18.9. The first-order valence-corrected chi connectivity index (χ1v) is 7.95. The van der Waals surface area contributed by atoms with E-state index in [-0.39, 0.29) is 24.0 Å². The molecule has 20 heavy (non-hydrogen) atoms. The second-order valence-corrected chi connectivity index (χ2v) is 4.87. The highest BCUT2D eigenvalue weighted by atomic mass is 127. The maximum absolute atomic E-state index is 4.24. The molecule has 0 amide bonds. The molecule has 5 heteroatoms. The zero-order chi connectivity index (χ0) is 14.3. The van der Waals surface area contributed by atoms with Crippen LogP contribution in [-0.2, 0) is 0 Å². The minimum Gasteiger partial charge on any atom is -0.356 e. The van der Waals surface area contributed by atoms with E-state index in [0.29, 0.717) is 0 Å². The molecule has 0 unspecified atom stereocenters. The van der Waals surface area contributed by atoms with Crippen LogP contribution in [0.5, 0.6) is 0 Å². The van der Waals surface area contributed by atoms with Crippen molar-refractivity contribution in [3.8, 4) is 0 Å². The van der Waals surface area contributed by atoms with E-state index in [2.05, 4.69) is 41.3 Å². The fourth-order valence-electron chi connectivity index (χ4n) is 2.03. The van der Waals surface area contributed by atoms with E-state index in [1.165, 1.54) is 25.7 Å². The van der Waals surface area contributed by atoms with E-state index in [1.807, 2.05) is 7.05 Å². The summed E-state index contributed by atoms with van der Waals surface area (Å²) in [5, 5.41) is 6.75. The van der Waals surface area contributed by atoms with Crippen LogP contribution < -0.4 is 10.6 Å². The zero-order valence-corrected chi connectivity index (χ0v) is 16.2. The number of halogens is 1. The Morgan fingerprint density at radius 2 is 1.50 bits per heavy atom. The summed E-state index contributed by atoms with van der Waals surface area (Å²) >= 11 is 0.